The number of nitrogens with one attached hydrogen (secondary N) is 2. The van der Waals surface area contributed by atoms with Crippen LogP contribution in [0.1, 0.15) is 0 Å². The van der Waals surface area contributed by atoms with E-state index in [1.54, 1.807) is 41.6 Å². The maximum Gasteiger partial charge on any atom is 0.317 e. The minimum atomic E-state index is -0.316. The molecular weight excluding hydrogens is 348 g/mol. The van der Waals surface area contributed by atoms with Gasteiger partial charge in [-0.25, -0.2) is 14.8 Å². The number of carbonyl (C=O) groups is 2. The van der Waals surface area contributed by atoms with Crippen LogP contribution in [-0.4, -0.2) is 66.6 Å². The summed E-state index contributed by atoms with van der Waals surface area (Å²) >= 11 is 0. The van der Waals surface area contributed by atoms with Crippen molar-refractivity contribution < 1.29 is 14.3 Å². The molecule has 1 fully saturated rings. The van der Waals surface area contributed by atoms with Gasteiger partial charge in [0, 0.05) is 38.6 Å². The zero-order valence-corrected chi connectivity index (χ0v) is 15.1. The van der Waals surface area contributed by atoms with Gasteiger partial charge in [0.15, 0.2) is 0 Å². The summed E-state index contributed by atoms with van der Waals surface area (Å²) in [6.07, 6.45) is 3.39. The maximum atomic E-state index is 12.3. The molecule has 142 valence electrons. The molecular formula is C18H22N6O3. The number of piperazine rings is 1. The van der Waals surface area contributed by atoms with Gasteiger partial charge in [-0.3, -0.25) is 4.79 Å². The van der Waals surface area contributed by atoms with Crippen molar-refractivity contribution in [3.8, 4) is 5.75 Å². The van der Waals surface area contributed by atoms with Gasteiger partial charge in [-0.2, -0.15) is 0 Å². The molecule has 2 heterocycles. The highest BCUT2D eigenvalue weighted by molar-refractivity contribution is 5.95. The minimum Gasteiger partial charge on any atom is -0.495 e. The average Bonchev–Trinajstić information content (AvgIpc) is 2.73. The number of anilines is 2. The van der Waals surface area contributed by atoms with E-state index in [1.807, 2.05) is 11.0 Å². The van der Waals surface area contributed by atoms with Crippen LogP contribution in [0.25, 0.3) is 0 Å². The lowest BCUT2D eigenvalue weighted by atomic mass is 10.3. The Bertz CT molecular complexity index is 778. The van der Waals surface area contributed by atoms with Gasteiger partial charge in [-0.1, -0.05) is 12.1 Å². The lowest BCUT2D eigenvalue weighted by Gasteiger charge is -2.34. The first-order valence-corrected chi connectivity index (χ1v) is 8.65. The molecule has 0 aliphatic carbocycles. The van der Waals surface area contributed by atoms with Gasteiger partial charge in [0.2, 0.25) is 11.9 Å². The Kier molecular flexibility index (Phi) is 6.03. The van der Waals surface area contributed by atoms with Crippen molar-refractivity contribution in [3.05, 3.63) is 42.7 Å². The van der Waals surface area contributed by atoms with E-state index < -0.39 is 0 Å². The fraction of sp³-hybridized carbons (Fsp3) is 0.333. The number of ether oxygens (including phenoxy) is 1. The van der Waals surface area contributed by atoms with Crippen molar-refractivity contribution in [2.45, 2.75) is 0 Å². The second kappa shape index (κ2) is 8.84. The molecule has 1 aromatic heterocycles. The number of methoxy groups -OCH3 is 1. The molecule has 3 amide bonds. The number of benzene rings is 1. The number of urea groups is 1. The summed E-state index contributed by atoms with van der Waals surface area (Å²) in [5.41, 5.74) is 0.565. The van der Waals surface area contributed by atoms with Gasteiger partial charge < -0.3 is 25.2 Å². The van der Waals surface area contributed by atoms with Crippen molar-refractivity contribution in [2.24, 2.45) is 0 Å². The first kappa shape index (κ1) is 18.4. The number of hydrogen-bond donors (Lipinski definition) is 2. The van der Waals surface area contributed by atoms with Gasteiger partial charge >= 0.3 is 6.03 Å². The largest absolute Gasteiger partial charge is 0.495 e. The summed E-state index contributed by atoms with van der Waals surface area (Å²) in [6, 6.07) is 8.61. The Labute approximate surface area is 157 Å². The summed E-state index contributed by atoms with van der Waals surface area (Å²) in [4.78, 5) is 36.5. The van der Waals surface area contributed by atoms with E-state index >= 15 is 0 Å². The number of hydrogen-bond acceptors (Lipinski definition) is 6. The predicted octanol–water partition coefficient (Wildman–Crippen LogP) is 0.955. The van der Waals surface area contributed by atoms with Crippen LogP contribution < -0.4 is 20.3 Å². The molecule has 0 atom stereocenters. The van der Waals surface area contributed by atoms with Gasteiger partial charge in [0.05, 0.1) is 19.3 Å². The number of nitrogens with zero attached hydrogens (tertiary/aromatic N) is 4. The highest BCUT2D eigenvalue weighted by atomic mass is 16.5. The number of para-hydroxylation sites is 2. The molecule has 2 aromatic rings. The van der Waals surface area contributed by atoms with Crippen LogP contribution in [0.5, 0.6) is 5.75 Å². The summed E-state index contributed by atoms with van der Waals surface area (Å²) in [6.45, 7) is 2.25. The van der Waals surface area contributed by atoms with E-state index in [1.165, 1.54) is 7.11 Å². The Morgan fingerprint density at radius 3 is 2.48 bits per heavy atom. The quantitative estimate of drug-likeness (QED) is 0.813. The van der Waals surface area contributed by atoms with Gasteiger partial charge in [-0.15, -0.1) is 0 Å². The molecule has 1 saturated heterocycles. The zero-order chi connectivity index (χ0) is 19.1. The van der Waals surface area contributed by atoms with Crippen molar-refractivity contribution in [2.75, 3.05) is 50.1 Å². The Hall–Kier alpha value is -3.36. The predicted molar refractivity (Wildman–Crippen MR) is 101 cm³/mol. The third kappa shape index (κ3) is 4.84. The zero-order valence-electron chi connectivity index (χ0n) is 15.1. The van der Waals surface area contributed by atoms with E-state index in [0.29, 0.717) is 43.6 Å². The van der Waals surface area contributed by atoms with E-state index in [4.69, 9.17) is 4.74 Å². The smallest absolute Gasteiger partial charge is 0.317 e. The number of carbonyl (C=O) groups excluding carboxylic acids is 2. The van der Waals surface area contributed by atoms with Crippen molar-refractivity contribution in [1.82, 2.24) is 20.2 Å². The number of aromatic nitrogens is 2. The van der Waals surface area contributed by atoms with Gasteiger partial charge in [0.25, 0.3) is 0 Å². The highest BCUT2D eigenvalue weighted by Crippen LogP contribution is 2.22. The highest BCUT2D eigenvalue weighted by Gasteiger charge is 2.22. The van der Waals surface area contributed by atoms with Crippen LogP contribution in [0.3, 0.4) is 0 Å². The summed E-state index contributed by atoms with van der Waals surface area (Å²) in [5, 5.41) is 5.38. The normalized spacial score (nSPS) is 13.8. The van der Waals surface area contributed by atoms with Gasteiger partial charge in [0.1, 0.15) is 5.75 Å². The van der Waals surface area contributed by atoms with Crippen LogP contribution in [0.15, 0.2) is 42.7 Å². The Morgan fingerprint density at radius 1 is 1.07 bits per heavy atom. The van der Waals surface area contributed by atoms with E-state index in [-0.39, 0.29) is 18.5 Å². The fourth-order valence-corrected chi connectivity index (χ4v) is 2.77. The molecule has 0 saturated carbocycles. The Morgan fingerprint density at radius 2 is 1.78 bits per heavy atom. The average molecular weight is 370 g/mol. The lowest BCUT2D eigenvalue weighted by Crippen LogP contribution is -2.53. The molecule has 1 aromatic carbocycles. The number of amides is 3. The van der Waals surface area contributed by atoms with Crippen LogP contribution in [0.4, 0.5) is 16.4 Å². The van der Waals surface area contributed by atoms with Crippen molar-refractivity contribution in [1.29, 1.82) is 0 Å². The van der Waals surface area contributed by atoms with E-state index in [2.05, 4.69) is 20.6 Å². The second-order valence-corrected chi connectivity index (χ2v) is 5.93. The first-order chi connectivity index (χ1) is 13.2. The molecule has 1 aliphatic heterocycles. The summed E-state index contributed by atoms with van der Waals surface area (Å²) in [5.74, 6) is 0.911. The third-order valence-electron chi connectivity index (χ3n) is 4.18. The first-order valence-electron chi connectivity index (χ1n) is 8.65. The molecule has 2 N–H and O–H groups in total. The lowest BCUT2D eigenvalue weighted by molar-refractivity contribution is -0.115. The van der Waals surface area contributed by atoms with Gasteiger partial charge in [-0.05, 0) is 18.2 Å². The standard InChI is InChI=1S/C18H22N6O3/c1-27-15-6-3-2-5-14(15)22-16(25)13-21-18(26)24-11-9-23(10-12-24)17-19-7-4-8-20-17/h2-8H,9-13H2,1H3,(H,21,26)(H,22,25). The second-order valence-electron chi connectivity index (χ2n) is 5.93. The van der Waals surface area contributed by atoms with Crippen LogP contribution in [0, 0.1) is 0 Å². The number of rotatable bonds is 5. The molecule has 0 bridgehead atoms. The minimum absolute atomic E-state index is 0.112. The maximum absolute atomic E-state index is 12.3. The monoisotopic (exact) mass is 370 g/mol. The van der Waals surface area contributed by atoms with E-state index in [0.717, 1.165) is 0 Å². The third-order valence-corrected chi connectivity index (χ3v) is 4.18. The molecule has 9 nitrogen and oxygen atoms in total. The summed E-state index contributed by atoms with van der Waals surface area (Å²) in [7, 11) is 1.53. The molecule has 9 heteroatoms. The molecule has 27 heavy (non-hydrogen) atoms. The van der Waals surface area contributed by atoms with Crippen LogP contribution in [-0.2, 0) is 4.79 Å². The van der Waals surface area contributed by atoms with E-state index in [9.17, 15) is 9.59 Å². The van der Waals surface area contributed by atoms with Crippen LogP contribution in [0.2, 0.25) is 0 Å². The topological polar surface area (TPSA) is 99.7 Å². The molecule has 3 rings (SSSR count). The molecule has 0 spiro atoms. The Balaban J connectivity index is 1.44. The SMILES string of the molecule is COc1ccccc1NC(=O)CNC(=O)N1CCN(c2ncccn2)CC1. The van der Waals surface area contributed by atoms with Crippen LogP contribution >= 0.6 is 0 Å². The summed E-state index contributed by atoms with van der Waals surface area (Å²) < 4.78 is 5.19. The molecule has 0 radical (unpaired) electrons. The van der Waals surface area contributed by atoms with Crippen molar-refractivity contribution >= 4 is 23.6 Å². The van der Waals surface area contributed by atoms with Crippen molar-refractivity contribution in [3.63, 3.8) is 0 Å². The fourth-order valence-electron chi connectivity index (χ4n) is 2.77. The molecule has 1 aliphatic rings. The molecule has 0 unspecified atom stereocenters.